The highest BCUT2D eigenvalue weighted by Crippen LogP contribution is 2.36. The number of aromatic nitrogens is 4. The molecular weight excluding hydrogens is 416 g/mol. The lowest BCUT2D eigenvalue weighted by Gasteiger charge is -2.38. The second kappa shape index (κ2) is 11.1. The number of methoxy groups -OCH3 is 2. The summed E-state index contributed by atoms with van der Waals surface area (Å²) in [5.74, 6) is 2.35. The maximum absolute atomic E-state index is 5.78. The molecule has 0 aliphatic carbocycles. The highest BCUT2D eigenvalue weighted by molar-refractivity contribution is 5.44. The van der Waals surface area contributed by atoms with Gasteiger partial charge in [0.1, 0.15) is 17.5 Å². The van der Waals surface area contributed by atoms with E-state index in [0.717, 1.165) is 62.0 Å². The first-order valence-corrected chi connectivity index (χ1v) is 11.3. The summed E-state index contributed by atoms with van der Waals surface area (Å²) in [6.07, 6.45) is 2.82. The zero-order chi connectivity index (χ0) is 23.0. The zero-order valence-corrected chi connectivity index (χ0v) is 19.4. The number of rotatable bonds is 10. The normalized spacial score (nSPS) is 15.8. The van der Waals surface area contributed by atoms with Crippen molar-refractivity contribution in [3.8, 4) is 11.5 Å². The molecule has 174 valence electrons. The molecular formula is C25H32N6O2. The Hall–Kier alpha value is -3.23. The number of ether oxygens (including phenoxy) is 2. The Morgan fingerprint density at radius 2 is 1.82 bits per heavy atom. The monoisotopic (exact) mass is 448 g/mol. The number of benzene rings is 2. The minimum absolute atomic E-state index is 0.123. The van der Waals surface area contributed by atoms with E-state index in [-0.39, 0.29) is 6.04 Å². The Bertz CT molecular complexity index is 1030. The lowest BCUT2D eigenvalue weighted by atomic mass is 10.0. The molecule has 1 aromatic heterocycles. The Balaban J connectivity index is 1.66. The molecule has 2 heterocycles. The molecule has 8 heteroatoms. The van der Waals surface area contributed by atoms with Crippen LogP contribution in [0.1, 0.15) is 23.0 Å². The standard InChI is InChI=1S/C25H32N6O2/c1-4-13-29-15-17-30(18-16-29)24(22-11-10-21(32-2)19-23(22)33-3)25-26-27-28-31(25)14-12-20-8-6-5-7-9-20/h4-11,19,24H,1,12-18H2,2-3H3/t24-/m0/s1. The van der Waals surface area contributed by atoms with Crippen molar-refractivity contribution in [2.45, 2.75) is 19.0 Å². The maximum atomic E-state index is 5.78. The molecule has 0 spiro atoms. The van der Waals surface area contributed by atoms with Crippen molar-refractivity contribution in [3.05, 3.63) is 78.1 Å². The number of piperazine rings is 1. The van der Waals surface area contributed by atoms with Gasteiger partial charge in [0.2, 0.25) is 0 Å². The Kier molecular flexibility index (Phi) is 7.70. The van der Waals surface area contributed by atoms with E-state index < -0.39 is 0 Å². The summed E-state index contributed by atoms with van der Waals surface area (Å²) < 4.78 is 13.1. The molecule has 0 saturated carbocycles. The number of hydrogen-bond donors (Lipinski definition) is 0. The smallest absolute Gasteiger partial charge is 0.173 e. The first-order chi connectivity index (χ1) is 16.2. The van der Waals surface area contributed by atoms with E-state index in [1.165, 1.54) is 5.56 Å². The third kappa shape index (κ3) is 5.40. The van der Waals surface area contributed by atoms with E-state index in [1.54, 1.807) is 14.2 Å². The highest BCUT2D eigenvalue weighted by atomic mass is 16.5. The molecule has 0 bridgehead atoms. The maximum Gasteiger partial charge on any atom is 0.173 e. The van der Waals surface area contributed by atoms with Crippen molar-refractivity contribution in [1.29, 1.82) is 0 Å². The highest BCUT2D eigenvalue weighted by Gasteiger charge is 2.32. The number of hydrogen-bond acceptors (Lipinski definition) is 7. The molecule has 1 saturated heterocycles. The van der Waals surface area contributed by atoms with E-state index in [1.807, 2.05) is 29.0 Å². The zero-order valence-electron chi connectivity index (χ0n) is 19.4. The van der Waals surface area contributed by atoms with Gasteiger partial charge in [0.25, 0.3) is 0 Å². The third-order valence-electron chi connectivity index (χ3n) is 6.15. The van der Waals surface area contributed by atoms with Crippen LogP contribution >= 0.6 is 0 Å². The minimum Gasteiger partial charge on any atom is -0.497 e. The summed E-state index contributed by atoms with van der Waals surface area (Å²) in [5.41, 5.74) is 2.29. The lowest BCUT2D eigenvalue weighted by Crippen LogP contribution is -2.48. The van der Waals surface area contributed by atoms with E-state index in [9.17, 15) is 0 Å². The molecule has 1 atom stereocenters. The number of tetrazole rings is 1. The van der Waals surface area contributed by atoms with E-state index in [4.69, 9.17) is 9.47 Å². The Morgan fingerprint density at radius 1 is 1.03 bits per heavy atom. The van der Waals surface area contributed by atoms with Crippen molar-refractivity contribution >= 4 is 0 Å². The summed E-state index contributed by atoms with van der Waals surface area (Å²) >= 11 is 0. The summed E-state index contributed by atoms with van der Waals surface area (Å²) in [5, 5.41) is 12.9. The van der Waals surface area contributed by atoms with Gasteiger partial charge >= 0.3 is 0 Å². The van der Waals surface area contributed by atoms with E-state index in [0.29, 0.717) is 6.54 Å². The van der Waals surface area contributed by atoms with Crippen LogP contribution in [0.3, 0.4) is 0 Å². The van der Waals surface area contributed by atoms with Gasteiger partial charge in [-0.2, -0.15) is 0 Å². The van der Waals surface area contributed by atoms with Crippen LogP contribution in [0.5, 0.6) is 11.5 Å². The summed E-state index contributed by atoms with van der Waals surface area (Å²) in [4.78, 5) is 4.85. The fourth-order valence-electron chi connectivity index (χ4n) is 4.38. The van der Waals surface area contributed by atoms with Gasteiger partial charge in [0.15, 0.2) is 5.82 Å². The number of aryl methyl sites for hydroxylation is 2. The van der Waals surface area contributed by atoms with Crippen LogP contribution in [0, 0.1) is 0 Å². The molecule has 0 radical (unpaired) electrons. The summed E-state index contributed by atoms with van der Waals surface area (Å²) in [6, 6.07) is 16.2. The van der Waals surface area contributed by atoms with Crippen LogP contribution < -0.4 is 9.47 Å². The Morgan fingerprint density at radius 3 is 2.52 bits per heavy atom. The molecule has 8 nitrogen and oxygen atoms in total. The molecule has 0 N–H and O–H groups in total. The molecule has 1 aliphatic heterocycles. The van der Waals surface area contributed by atoms with Crippen LogP contribution in [0.4, 0.5) is 0 Å². The quantitative estimate of drug-likeness (QED) is 0.442. The predicted molar refractivity (Wildman–Crippen MR) is 128 cm³/mol. The average molecular weight is 449 g/mol. The van der Waals surface area contributed by atoms with E-state index in [2.05, 4.69) is 62.2 Å². The van der Waals surface area contributed by atoms with Gasteiger partial charge in [0, 0.05) is 50.9 Å². The van der Waals surface area contributed by atoms with Crippen molar-refractivity contribution in [2.75, 3.05) is 46.9 Å². The largest absolute Gasteiger partial charge is 0.497 e. The van der Waals surface area contributed by atoms with Gasteiger partial charge in [-0.1, -0.05) is 36.4 Å². The average Bonchev–Trinajstić information content (AvgIpc) is 3.33. The van der Waals surface area contributed by atoms with Gasteiger partial charge in [-0.15, -0.1) is 11.7 Å². The van der Waals surface area contributed by atoms with Crippen molar-refractivity contribution in [1.82, 2.24) is 30.0 Å². The molecule has 0 unspecified atom stereocenters. The van der Waals surface area contributed by atoms with Crippen LogP contribution in [0.2, 0.25) is 0 Å². The molecule has 3 aromatic rings. The second-order valence-electron chi connectivity index (χ2n) is 8.13. The van der Waals surface area contributed by atoms with Crippen molar-refractivity contribution in [2.24, 2.45) is 0 Å². The van der Waals surface area contributed by atoms with Crippen molar-refractivity contribution in [3.63, 3.8) is 0 Å². The van der Waals surface area contributed by atoms with Gasteiger partial charge in [-0.25, -0.2) is 4.68 Å². The second-order valence-corrected chi connectivity index (χ2v) is 8.13. The lowest BCUT2D eigenvalue weighted by molar-refractivity contribution is 0.111. The third-order valence-corrected chi connectivity index (χ3v) is 6.15. The first kappa shape index (κ1) is 22.9. The number of nitrogens with zero attached hydrogens (tertiary/aromatic N) is 6. The summed E-state index contributed by atoms with van der Waals surface area (Å²) in [7, 11) is 3.35. The van der Waals surface area contributed by atoms with Crippen LogP contribution in [0.25, 0.3) is 0 Å². The van der Waals surface area contributed by atoms with Crippen LogP contribution in [-0.2, 0) is 13.0 Å². The molecule has 1 aliphatic rings. The van der Waals surface area contributed by atoms with Gasteiger partial charge in [-0.05, 0) is 34.5 Å². The minimum atomic E-state index is -0.123. The topological polar surface area (TPSA) is 68.5 Å². The molecule has 4 rings (SSSR count). The predicted octanol–water partition coefficient (Wildman–Crippen LogP) is 2.83. The fraction of sp³-hybridized carbons (Fsp3) is 0.400. The van der Waals surface area contributed by atoms with E-state index >= 15 is 0 Å². The van der Waals surface area contributed by atoms with Crippen molar-refractivity contribution < 1.29 is 9.47 Å². The molecule has 1 fully saturated rings. The summed E-state index contributed by atoms with van der Waals surface area (Å²) in [6.45, 7) is 9.22. The van der Waals surface area contributed by atoms with Gasteiger partial charge in [-0.3, -0.25) is 9.80 Å². The van der Waals surface area contributed by atoms with Crippen LogP contribution in [-0.4, -0.2) is 77.0 Å². The van der Waals surface area contributed by atoms with Gasteiger partial charge in [0.05, 0.1) is 14.2 Å². The van der Waals surface area contributed by atoms with Crippen LogP contribution in [0.15, 0.2) is 61.2 Å². The first-order valence-electron chi connectivity index (χ1n) is 11.3. The molecule has 2 aromatic carbocycles. The fourth-order valence-corrected chi connectivity index (χ4v) is 4.38. The van der Waals surface area contributed by atoms with Gasteiger partial charge < -0.3 is 9.47 Å². The molecule has 33 heavy (non-hydrogen) atoms. The Labute approximate surface area is 195 Å². The SMILES string of the molecule is C=CCN1CCN([C@@H](c2ccc(OC)cc2OC)c2nnnn2CCc2ccccc2)CC1. The molecule has 0 amide bonds.